The first-order valence-electron chi connectivity index (χ1n) is 7.06. The van der Waals surface area contributed by atoms with E-state index in [9.17, 15) is 0 Å². The molecule has 0 fully saturated rings. The summed E-state index contributed by atoms with van der Waals surface area (Å²) in [4.78, 5) is 0. The van der Waals surface area contributed by atoms with Gasteiger partial charge in [-0.05, 0) is 37.3 Å². The molecule has 7 heteroatoms. The van der Waals surface area contributed by atoms with Crippen molar-refractivity contribution < 1.29 is 14.2 Å². The van der Waals surface area contributed by atoms with Crippen LogP contribution in [0.4, 0.5) is 5.69 Å². The van der Waals surface area contributed by atoms with Crippen molar-refractivity contribution in [1.82, 2.24) is 0 Å². The lowest BCUT2D eigenvalue weighted by Crippen LogP contribution is -2.03. The average molecular weight is 369 g/mol. The zero-order valence-electron chi connectivity index (χ0n) is 13.8. The van der Waals surface area contributed by atoms with E-state index in [2.05, 4.69) is 10.5 Å². The largest absolute Gasteiger partial charge is 0.493 e. The normalized spacial score (nSPS) is 11.2. The Morgan fingerprint density at radius 3 is 2.04 bits per heavy atom. The van der Waals surface area contributed by atoms with Gasteiger partial charge in [0, 0.05) is 5.56 Å². The van der Waals surface area contributed by atoms with Gasteiger partial charge < -0.3 is 14.2 Å². The first-order chi connectivity index (χ1) is 11.5. The van der Waals surface area contributed by atoms with Crippen LogP contribution in [-0.4, -0.2) is 27.0 Å². The molecule has 2 rings (SSSR count). The number of hydrogen-bond acceptors (Lipinski definition) is 5. The second-order valence-electron chi connectivity index (χ2n) is 4.85. The Balaban J connectivity index is 2.30. The van der Waals surface area contributed by atoms with Crippen molar-refractivity contribution >= 4 is 34.6 Å². The molecule has 0 aliphatic carbocycles. The van der Waals surface area contributed by atoms with Crippen LogP contribution in [0.5, 0.6) is 17.2 Å². The van der Waals surface area contributed by atoms with Gasteiger partial charge in [0.15, 0.2) is 11.5 Å². The summed E-state index contributed by atoms with van der Waals surface area (Å²) >= 11 is 11.9. The van der Waals surface area contributed by atoms with Crippen LogP contribution in [0, 0.1) is 0 Å². The second kappa shape index (κ2) is 8.13. The first-order valence-corrected chi connectivity index (χ1v) is 7.81. The third-order valence-corrected chi connectivity index (χ3v) is 4.09. The number of rotatable bonds is 6. The van der Waals surface area contributed by atoms with Crippen LogP contribution in [0.1, 0.15) is 12.5 Å². The zero-order valence-corrected chi connectivity index (χ0v) is 15.3. The van der Waals surface area contributed by atoms with E-state index in [0.29, 0.717) is 27.3 Å². The molecule has 2 aromatic rings. The van der Waals surface area contributed by atoms with E-state index in [1.807, 2.05) is 19.1 Å². The zero-order chi connectivity index (χ0) is 17.7. The molecule has 1 N–H and O–H groups in total. The quantitative estimate of drug-likeness (QED) is 0.584. The Morgan fingerprint density at radius 2 is 1.54 bits per heavy atom. The van der Waals surface area contributed by atoms with E-state index < -0.39 is 0 Å². The standard InChI is InChI=1S/C17H18Cl2N2O3/c1-10(20-21-12-5-6-13(18)14(19)9-12)11-7-15(22-2)17(24-4)16(8-11)23-3/h5-9,21H,1-4H3. The van der Waals surface area contributed by atoms with Gasteiger partial charge in [0.1, 0.15) is 0 Å². The van der Waals surface area contributed by atoms with Gasteiger partial charge >= 0.3 is 0 Å². The van der Waals surface area contributed by atoms with Crippen LogP contribution >= 0.6 is 23.2 Å². The van der Waals surface area contributed by atoms with Crippen molar-refractivity contribution in [2.24, 2.45) is 5.10 Å². The highest BCUT2D eigenvalue weighted by molar-refractivity contribution is 6.42. The summed E-state index contributed by atoms with van der Waals surface area (Å²) in [6.07, 6.45) is 0. The fraction of sp³-hybridized carbons (Fsp3) is 0.235. The van der Waals surface area contributed by atoms with E-state index in [0.717, 1.165) is 17.0 Å². The molecule has 0 radical (unpaired) electrons. The molecule has 128 valence electrons. The predicted octanol–water partition coefficient (Wildman–Crippen LogP) is 4.86. The number of halogens is 2. The smallest absolute Gasteiger partial charge is 0.203 e. The molecule has 0 spiro atoms. The molecule has 2 aromatic carbocycles. The van der Waals surface area contributed by atoms with Crippen LogP contribution < -0.4 is 19.6 Å². The van der Waals surface area contributed by atoms with E-state index in [1.54, 1.807) is 39.5 Å². The highest BCUT2D eigenvalue weighted by atomic mass is 35.5. The Morgan fingerprint density at radius 1 is 0.917 bits per heavy atom. The van der Waals surface area contributed by atoms with Crippen molar-refractivity contribution in [3.8, 4) is 17.2 Å². The van der Waals surface area contributed by atoms with Gasteiger partial charge in [-0.2, -0.15) is 5.10 Å². The summed E-state index contributed by atoms with van der Waals surface area (Å²) in [5.41, 5.74) is 5.25. The highest BCUT2D eigenvalue weighted by Crippen LogP contribution is 2.38. The minimum absolute atomic E-state index is 0.460. The highest BCUT2D eigenvalue weighted by Gasteiger charge is 2.14. The monoisotopic (exact) mass is 368 g/mol. The van der Waals surface area contributed by atoms with Crippen LogP contribution in [-0.2, 0) is 0 Å². The maximum atomic E-state index is 5.99. The summed E-state index contributed by atoms with van der Waals surface area (Å²) in [6, 6.07) is 8.86. The number of benzene rings is 2. The molecule has 0 atom stereocenters. The Hall–Kier alpha value is -2.11. The number of anilines is 1. The maximum Gasteiger partial charge on any atom is 0.203 e. The summed E-state index contributed by atoms with van der Waals surface area (Å²) in [5, 5.41) is 5.31. The van der Waals surface area contributed by atoms with Crippen LogP contribution in [0.25, 0.3) is 0 Å². The molecule has 0 aliphatic rings. The third-order valence-electron chi connectivity index (χ3n) is 3.35. The lowest BCUT2D eigenvalue weighted by Gasteiger charge is -2.14. The molecule has 0 unspecified atom stereocenters. The van der Waals surface area contributed by atoms with Crippen molar-refractivity contribution in [3.05, 3.63) is 45.9 Å². The van der Waals surface area contributed by atoms with Gasteiger partial charge in [0.2, 0.25) is 5.75 Å². The molecule has 0 aromatic heterocycles. The van der Waals surface area contributed by atoms with E-state index in [1.165, 1.54) is 0 Å². The molecule has 0 amide bonds. The van der Waals surface area contributed by atoms with Gasteiger partial charge in [0.25, 0.3) is 0 Å². The lowest BCUT2D eigenvalue weighted by atomic mass is 10.1. The Labute approximate surface area is 151 Å². The fourth-order valence-electron chi connectivity index (χ4n) is 2.07. The van der Waals surface area contributed by atoms with Crippen LogP contribution in [0.15, 0.2) is 35.4 Å². The van der Waals surface area contributed by atoms with Crippen LogP contribution in [0.2, 0.25) is 10.0 Å². The third kappa shape index (κ3) is 4.04. The van der Waals surface area contributed by atoms with Gasteiger partial charge in [-0.3, -0.25) is 5.43 Å². The first kappa shape index (κ1) is 18.2. The molecule has 0 saturated carbocycles. The predicted molar refractivity (Wildman–Crippen MR) is 98.4 cm³/mol. The Kier molecular flexibility index (Phi) is 6.17. The van der Waals surface area contributed by atoms with E-state index in [4.69, 9.17) is 37.4 Å². The van der Waals surface area contributed by atoms with E-state index in [-0.39, 0.29) is 0 Å². The molecule has 0 saturated heterocycles. The van der Waals surface area contributed by atoms with Crippen LogP contribution in [0.3, 0.4) is 0 Å². The number of hydrazone groups is 1. The number of nitrogens with one attached hydrogen (secondary N) is 1. The van der Waals surface area contributed by atoms with Gasteiger partial charge in [0.05, 0.1) is 42.8 Å². The SMILES string of the molecule is COc1cc(C(C)=NNc2ccc(Cl)c(Cl)c2)cc(OC)c1OC. The molecular weight excluding hydrogens is 351 g/mol. The van der Waals surface area contributed by atoms with Crippen molar-refractivity contribution in [2.75, 3.05) is 26.8 Å². The fourth-order valence-corrected chi connectivity index (χ4v) is 2.37. The molecule has 0 heterocycles. The average Bonchev–Trinajstić information content (AvgIpc) is 2.60. The summed E-state index contributed by atoms with van der Waals surface area (Å²) in [5.74, 6) is 1.67. The Bertz CT molecular complexity index is 738. The number of ether oxygens (including phenoxy) is 3. The van der Waals surface area contributed by atoms with E-state index >= 15 is 0 Å². The maximum absolute atomic E-state index is 5.99. The van der Waals surface area contributed by atoms with Crippen molar-refractivity contribution in [2.45, 2.75) is 6.92 Å². The van der Waals surface area contributed by atoms with Gasteiger partial charge in [-0.1, -0.05) is 23.2 Å². The molecule has 24 heavy (non-hydrogen) atoms. The van der Waals surface area contributed by atoms with Crippen molar-refractivity contribution in [3.63, 3.8) is 0 Å². The topological polar surface area (TPSA) is 52.1 Å². The number of methoxy groups -OCH3 is 3. The number of nitrogens with zero attached hydrogens (tertiary/aromatic N) is 1. The summed E-state index contributed by atoms with van der Waals surface area (Å²) in [6.45, 7) is 1.87. The van der Waals surface area contributed by atoms with Crippen molar-refractivity contribution in [1.29, 1.82) is 0 Å². The summed E-state index contributed by atoms with van der Waals surface area (Å²) < 4.78 is 16.0. The minimum atomic E-state index is 0.460. The molecular formula is C17H18Cl2N2O3. The molecule has 5 nitrogen and oxygen atoms in total. The summed E-state index contributed by atoms with van der Waals surface area (Å²) in [7, 11) is 4.70. The molecule has 0 bridgehead atoms. The lowest BCUT2D eigenvalue weighted by molar-refractivity contribution is 0.324. The molecule has 0 aliphatic heterocycles. The number of hydrogen-bond donors (Lipinski definition) is 1. The van der Waals surface area contributed by atoms with Gasteiger partial charge in [-0.25, -0.2) is 0 Å². The van der Waals surface area contributed by atoms with Gasteiger partial charge in [-0.15, -0.1) is 0 Å². The minimum Gasteiger partial charge on any atom is -0.493 e. The second-order valence-corrected chi connectivity index (χ2v) is 5.67.